The molecule has 0 saturated heterocycles. The first-order valence-electron chi connectivity index (χ1n) is 11.1. The summed E-state index contributed by atoms with van der Waals surface area (Å²) in [5, 5.41) is 7.24. The number of allylic oxidation sites excluding steroid dienone is 1. The Morgan fingerprint density at radius 3 is 2.18 bits per heavy atom. The summed E-state index contributed by atoms with van der Waals surface area (Å²) in [6, 6.07) is 23.6. The number of carbonyl (C=O) groups is 1. The van der Waals surface area contributed by atoms with Crippen LogP contribution in [0.4, 0.5) is 5.69 Å². The zero-order valence-corrected chi connectivity index (χ0v) is 20.3. The molecule has 0 radical (unpaired) electrons. The monoisotopic (exact) mass is 455 g/mol. The second kappa shape index (κ2) is 10.1. The molecule has 0 bridgehead atoms. The van der Waals surface area contributed by atoms with Gasteiger partial charge in [-0.15, -0.1) is 0 Å². The van der Waals surface area contributed by atoms with Crippen LogP contribution in [0.2, 0.25) is 0 Å². The minimum absolute atomic E-state index is 0.141. The molecule has 4 rings (SSSR count). The number of anilines is 1. The second-order valence-corrected chi connectivity index (χ2v) is 9.36. The average molecular weight is 456 g/mol. The molecule has 168 valence electrons. The number of amidine groups is 1. The molecule has 1 aliphatic rings. The summed E-state index contributed by atoms with van der Waals surface area (Å²) in [5.41, 5.74) is 8.44. The number of aliphatic imine (C=N–C) groups is 1. The van der Waals surface area contributed by atoms with Crippen LogP contribution in [0.15, 0.2) is 89.1 Å². The molecule has 0 unspecified atom stereocenters. The third-order valence-corrected chi connectivity index (χ3v) is 6.72. The van der Waals surface area contributed by atoms with Crippen molar-refractivity contribution in [2.45, 2.75) is 39.5 Å². The number of aryl methyl sites for hydroxylation is 3. The minimum atomic E-state index is -0.362. The van der Waals surface area contributed by atoms with Gasteiger partial charge in [0.05, 0.1) is 5.57 Å². The van der Waals surface area contributed by atoms with Crippen LogP contribution < -0.4 is 10.6 Å². The van der Waals surface area contributed by atoms with Gasteiger partial charge in [0.25, 0.3) is 5.91 Å². The molecule has 0 spiro atoms. The molecule has 0 fully saturated rings. The fraction of sp³-hybridized carbons (Fsp3) is 0.214. The van der Waals surface area contributed by atoms with E-state index in [9.17, 15) is 4.79 Å². The predicted octanol–water partition coefficient (Wildman–Crippen LogP) is 6.46. The Labute approximate surface area is 200 Å². The van der Waals surface area contributed by atoms with Crippen molar-refractivity contribution in [3.63, 3.8) is 0 Å². The van der Waals surface area contributed by atoms with Crippen molar-refractivity contribution in [2.24, 2.45) is 4.99 Å². The number of para-hydroxylation sites is 1. The maximum atomic E-state index is 13.3. The molecule has 33 heavy (non-hydrogen) atoms. The van der Waals surface area contributed by atoms with E-state index in [0.29, 0.717) is 5.57 Å². The molecule has 0 aliphatic carbocycles. The molecular formula is C28H29N3OS. The summed E-state index contributed by atoms with van der Waals surface area (Å²) in [6.07, 6.45) is 0. The molecule has 3 aromatic carbocycles. The number of nitrogens with zero attached hydrogens (tertiary/aromatic N) is 1. The summed E-state index contributed by atoms with van der Waals surface area (Å²) in [7, 11) is 0. The molecule has 4 nitrogen and oxygen atoms in total. The van der Waals surface area contributed by atoms with Gasteiger partial charge in [-0.2, -0.15) is 0 Å². The summed E-state index contributed by atoms with van der Waals surface area (Å²) in [5.74, 6) is 0.683. The number of thioether (sulfide) groups is 1. The zero-order valence-electron chi connectivity index (χ0n) is 19.5. The van der Waals surface area contributed by atoms with Gasteiger partial charge < -0.3 is 10.6 Å². The van der Waals surface area contributed by atoms with Crippen molar-refractivity contribution >= 4 is 28.5 Å². The van der Waals surface area contributed by atoms with E-state index in [1.54, 1.807) is 11.8 Å². The molecule has 0 aromatic heterocycles. The van der Waals surface area contributed by atoms with Crippen molar-refractivity contribution in [1.82, 2.24) is 5.32 Å². The lowest BCUT2D eigenvalue weighted by molar-refractivity contribution is -0.113. The van der Waals surface area contributed by atoms with E-state index in [1.807, 2.05) is 67.6 Å². The standard InChI is InChI=1S/C28H29N3OS/c1-18-15-19(2)24(20(3)16-18)17-33-28-29-21(4)25(26(31-28)22-11-7-5-8-12-22)27(32)30-23-13-9-6-10-14-23/h5-16,26H,17H2,1-4H3,(H,29,31)(H,30,32)/t26-/m0/s1. The first-order valence-corrected chi connectivity index (χ1v) is 12.1. The van der Waals surface area contributed by atoms with E-state index in [0.717, 1.165) is 27.9 Å². The fourth-order valence-corrected chi connectivity index (χ4v) is 5.33. The van der Waals surface area contributed by atoms with Gasteiger partial charge in [0.1, 0.15) is 6.04 Å². The summed E-state index contributed by atoms with van der Waals surface area (Å²) >= 11 is 1.68. The fourth-order valence-electron chi connectivity index (χ4n) is 4.19. The Morgan fingerprint density at radius 1 is 0.939 bits per heavy atom. The lowest BCUT2D eigenvalue weighted by atomic mass is 9.96. The lowest BCUT2D eigenvalue weighted by Crippen LogP contribution is -2.32. The van der Waals surface area contributed by atoms with Crippen LogP contribution in [0.1, 0.15) is 40.8 Å². The van der Waals surface area contributed by atoms with Gasteiger partial charge in [-0.05, 0) is 62.1 Å². The smallest absolute Gasteiger partial charge is 0.255 e. The number of benzene rings is 3. The largest absolute Gasteiger partial charge is 0.338 e. The number of hydrogen-bond donors (Lipinski definition) is 2. The van der Waals surface area contributed by atoms with Gasteiger partial charge in [0.2, 0.25) is 0 Å². The average Bonchev–Trinajstić information content (AvgIpc) is 2.79. The Kier molecular flexibility index (Phi) is 6.99. The summed E-state index contributed by atoms with van der Waals surface area (Å²) in [6.45, 7) is 8.41. The molecule has 1 atom stereocenters. The predicted molar refractivity (Wildman–Crippen MR) is 139 cm³/mol. The van der Waals surface area contributed by atoms with E-state index in [-0.39, 0.29) is 11.9 Å². The van der Waals surface area contributed by atoms with Crippen molar-refractivity contribution in [1.29, 1.82) is 0 Å². The Balaban J connectivity index is 1.61. The number of carbonyl (C=O) groups excluding carboxylic acids is 1. The van der Waals surface area contributed by atoms with Crippen molar-refractivity contribution < 1.29 is 4.79 Å². The highest BCUT2D eigenvalue weighted by Crippen LogP contribution is 2.34. The zero-order chi connectivity index (χ0) is 23.4. The van der Waals surface area contributed by atoms with Crippen molar-refractivity contribution in [2.75, 3.05) is 5.32 Å². The third-order valence-electron chi connectivity index (χ3n) is 5.80. The van der Waals surface area contributed by atoms with Crippen molar-refractivity contribution in [3.8, 4) is 0 Å². The molecular weight excluding hydrogens is 426 g/mol. The van der Waals surface area contributed by atoms with E-state index in [4.69, 9.17) is 4.99 Å². The highest BCUT2D eigenvalue weighted by molar-refractivity contribution is 8.13. The van der Waals surface area contributed by atoms with Gasteiger partial charge in [-0.25, -0.2) is 4.99 Å². The number of hydrogen-bond acceptors (Lipinski definition) is 4. The molecule has 3 aromatic rings. The third kappa shape index (κ3) is 5.37. The maximum absolute atomic E-state index is 13.3. The first kappa shape index (κ1) is 22.9. The Morgan fingerprint density at radius 2 is 1.55 bits per heavy atom. The van der Waals surface area contributed by atoms with Crippen LogP contribution in [0.5, 0.6) is 0 Å². The maximum Gasteiger partial charge on any atom is 0.255 e. The van der Waals surface area contributed by atoms with Crippen LogP contribution in [-0.4, -0.2) is 11.1 Å². The molecule has 5 heteroatoms. The van der Waals surface area contributed by atoms with Gasteiger partial charge in [0, 0.05) is 17.1 Å². The van der Waals surface area contributed by atoms with E-state index in [1.165, 1.54) is 22.3 Å². The molecule has 1 aliphatic heterocycles. The lowest BCUT2D eigenvalue weighted by Gasteiger charge is -2.26. The SMILES string of the molecule is CC1=C(C(=O)Nc2ccccc2)[C@H](c2ccccc2)N=C(SCc2c(C)cc(C)cc2C)N1. The minimum Gasteiger partial charge on any atom is -0.338 e. The van der Waals surface area contributed by atoms with Gasteiger partial charge in [-0.3, -0.25) is 4.79 Å². The number of nitrogens with one attached hydrogen (secondary N) is 2. The van der Waals surface area contributed by atoms with Crippen LogP contribution in [0.3, 0.4) is 0 Å². The normalized spacial score (nSPS) is 15.6. The van der Waals surface area contributed by atoms with Crippen LogP contribution in [0.25, 0.3) is 0 Å². The quantitative estimate of drug-likeness (QED) is 0.464. The van der Waals surface area contributed by atoms with Gasteiger partial charge in [0.15, 0.2) is 5.17 Å². The molecule has 1 amide bonds. The molecule has 1 heterocycles. The topological polar surface area (TPSA) is 53.5 Å². The van der Waals surface area contributed by atoms with Gasteiger partial charge in [-0.1, -0.05) is 78.0 Å². The Hall–Kier alpha value is -3.31. The second-order valence-electron chi connectivity index (χ2n) is 8.40. The highest BCUT2D eigenvalue weighted by atomic mass is 32.2. The van der Waals surface area contributed by atoms with Crippen molar-refractivity contribution in [3.05, 3.63) is 112 Å². The first-order chi connectivity index (χ1) is 15.9. The highest BCUT2D eigenvalue weighted by Gasteiger charge is 2.29. The van der Waals surface area contributed by atoms with Crippen LogP contribution in [-0.2, 0) is 10.5 Å². The van der Waals surface area contributed by atoms with Crippen LogP contribution >= 0.6 is 11.8 Å². The molecule has 0 saturated carbocycles. The van der Waals surface area contributed by atoms with E-state index in [2.05, 4.69) is 43.5 Å². The summed E-state index contributed by atoms with van der Waals surface area (Å²) in [4.78, 5) is 18.3. The van der Waals surface area contributed by atoms with Gasteiger partial charge >= 0.3 is 0 Å². The van der Waals surface area contributed by atoms with Crippen LogP contribution in [0, 0.1) is 20.8 Å². The summed E-state index contributed by atoms with van der Waals surface area (Å²) < 4.78 is 0. The van der Waals surface area contributed by atoms with E-state index < -0.39 is 0 Å². The Bertz CT molecular complexity index is 1190. The number of rotatable bonds is 5. The van der Waals surface area contributed by atoms with E-state index >= 15 is 0 Å². The number of amides is 1. The molecule has 2 N–H and O–H groups in total.